The van der Waals surface area contributed by atoms with Crippen molar-refractivity contribution in [3.8, 4) is 5.75 Å². The number of halogens is 1. The molecule has 182 valence electrons. The van der Waals surface area contributed by atoms with Crippen molar-refractivity contribution in [3.63, 3.8) is 0 Å². The number of para-hydroxylation sites is 1. The average molecular weight is 580 g/mol. The zero-order valence-electron chi connectivity index (χ0n) is 18.7. The van der Waals surface area contributed by atoms with Gasteiger partial charge in [0.2, 0.25) is 11.8 Å². The molecular formula is C25H29IN2O6. The Morgan fingerprint density at radius 1 is 1.24 bits per heavy atom. The van der Waals surface area contributed by atoms with Gasteiger partial charge < -0.3 is 29.6 Å². The lowest BCUT2D eigenvalue weighted by atomic mass is 9.82. The lowest BCUT2D eigenvalue weighted by Gasteiger charge is -2.42. The SMILES string of the molecule is O=C(NCCO)C1=C[C@H](Oc2ccccc2I)[C@@H](O)[C@H](N(Cc2ccoc2)C(=O)C2CCC2)C1. The van der Waals surface area contributed by atoms with Crippen LogP contribution < -0.4 is 10.1 Å². The van der Waals surface area contributed by atoms with Gasteiger partial charge in [-0.1, -0.05) is 18.6 Å². The molecule has 3 N–H and O–H groups in total. The van der Waals surface area contributed by atoms with Crippen LogP contribution in [0.2, 0.25) is 0 Å². The van der Waals surface area contributed by atoms with Gasteiger partial charge >= 0.3 is 0 Å². The maximum atomic E-state index is 13.5. The number of aliphatic hydroxyl groups is 2. The summed E-state index contributed by atoms with van der Waals surface area (Å²) in [5.74, 6) is 0.139. The van der Waals surface area contributed by atoms with Gasteiger partial charge in [-0.25, -0.2) is 0 Å². The number of rotatable bonds is 9. The second-order valence-corrected chi connectivity index (χ2v) is 9.83. The predicted octanol–water partition coefficient (Wildman–Crippen LogP) is 2.63. The highest BCUT2D eigenvalue weighted by molar-refractivity contribution is 14.1. The van der Waals surface area contributed by atoms with Crippen LogP contribution >= 0.6 is 22.6 Å². The molecule has 4 rings (SSSR count). The molecule has 2 aliphatic carbocycles. The smallest absolute Gasteiger partial charge is 0.247 e. The fourth-order valence-electron chi connectivity index (χ4n) is 4.29. The number of carbonyl (C=O) groups is 2. The summed E-state index contributed by atoms with van der Waals surface area (Å²) in [7, 11) is 0. The fourth-order valence-corrected chi connectivity index (χ4v) is 4.81. The number of benzene rings is 1. The van der Waals surface area contributed by atoms with Crippen LogP contribution in [0.4, 0.5) is 0 Å². The highest BCUT2D eigenvalue weighted by atomic mass is 127. The third-order valence-corrected chi connectivity index (χ3v) is 7.28. The maximum absolute atomic E-state index is 13.5. The van der Waals surface area contributed by atoms with Crippen LogP contribution in [0, 0.1) is 9.49 Å². The molecule has 0 bridgehead atoms. The molecule has 1 fully saturated rings. The monoisotopic (exact) mass is 580 g/mol. The molecule has 0 aliphatic heterocycles. The van der Waals surface area contributed by atoms with Crippen molar-refractivity contribution in [1.82, 2.24) is 10.2 Å². The first-order chi connectivity index (χ1) is 16.5. The molecule has 2 amide bonds. The minimum absolute atomic E-state index is 0.0263. The molecule has 0 radical (unpaired) electrons. The first kappa shape index (κ1) is 24.7. The standard InChI is InChI=1S/C25H29IN2O6/c26-19-6-1-2-7-21(19)34-22-13-18(24(31)27-9-10-29)12-20(23(22)30)28(14-16-8-11-33-15-16)25(32)17-4-3-5-17/h1-2,6-8,11,13,15,17,20,22-23,29-30H,3-5,9-10,12,14H2,(H,27,31)/t20-,22+,23+/m1/s1. The van der Waals surface area contributed by atoms with Crippen molar-refractivity contribution < 1.29 is 29.0 Å². The number of amides is 2. The van der Waals surface area contributed by atoms with Crippen LogP contribution in [-0.2, 0) is 16.1 Å². The molecule has 2 aliphatic rings. The van der Waals surface area contributed by atoms with E-state index in [1.54, 1.807) is 35.6 Å². The number of aliphatic hydroxyl groups excluding tert-OH is 2. The lowest BCUT2D eigenvalue weighted by Crippen LogP contribution is -2.56. The van der Waals surface area contributed by atoms with E-state index in [4.69, 9.17) is 14.3 Å². The molecule has 1 heterocycles. The van der Waals surface area contributed by atoms with Crippen LogP contribution in [0.25, 0.3) is 0 Å². The van der Waals surface area contributed by atoms with Crippen molar-refractivity contribution in [2.45, 2.75) is 50.5 Å². The van der Waals surface area contributed by atoms with Gasteiger partial charge in [0.1, 0.15) is 18.0 Å². The summed E-state index contributed by atoms with van der Waals surface area (Å²) in [6.07, 6.45) is 5.73. The number of nitrogens with one attached hydrogen (secondary N) is 1. The van der Waals surface area contributed by atoms with E-state index in [9.17, 15) is 14.7 Å². The van der Waals surface area contributed by atoms with Gasteiger partial charge in [-0.2, -0.15) is 0 Å². The molecule has 0 spiro atoms. The summed E-state index contributed by atoms with van der Waals surface area (Å²) in [6.45, 7) is 0.208. The van der Waals surface area contributed by atoms with Crippen molar-refractivity contribution in [2.75, 3.05) is 13.2 Å². The molecule has 1 aromatic heterocycles. The number of ether oxygens (including phenoxy) is 1. The zero-order valence-corrected chi connectivity index (χ0v) is 20.9. The molecule has 8 nitrogen and oxygen atoms in total. The summed E-state index contributed by atoms with van der Waals surface area (Å²) in [5.41, 5.74) is 1.23. The van der Waals surface area contributed by atoms with Crippen molar-refractivity contribution >= 4 is 34.4 Å². The molecule has 1 aromatic carbocycles. The van der Waals surface area contributed by atoms with Crippen LogP contribution in [0.15, 0.2) is 58.9 Å². The van der Waals surface area contributed by atoms with Gasteiger partial charge in [0.25, 0.3) is 0 Å². The lowest BCUT2D eigenvalue weighted by molar-refractivity contribution is -0.146. The molecular weight excluding hydrogens is 551 g/mol. The Kier molecular flexibility index (Phi) is 8.28. The molecule has 0 unspecified atom stereocenters. The summed E-state index contributed by atoms with van der Waals surface area (Å²) < 4.78 is 12.2. The summed E-state index contributed by atoms with van der Waals surface area (Å²) >= 11 is 2.16. The van der Waals surface area contributed by atoms with E-state index in [0.29, 0.717) is 11.3 Å². The minimum Gasteiger partial charge on any atom is -0.482 e. The van der Waals surface area contributed by atoms with E-state index in [1.807, 2.05) is 18.2 Å². The van der Waals surface area contributed by atoms with Gasteiger partial charge in [0.15, 0.2) is 0 Å². The number of hydrogen-bond donors (Lipinski definition) is 3. The second-order valence-electron chi connectivity index (χ2n) is 8.67. The topological polar surface area (TPSA) is 112 Å². The number of furan rings is 1. The summed E-state index contributed by atoms with van der Waals surface area (Å²) in [4.78, 5) is 28.0. The van der Waals surface area contributed by atoms with E-state index in [1.165, 1.54) is 0 Å². The predicted molar refractivity (Wildman–Crippen MR) is 133 cm³/mol. The van der Waals surface area contributed by atoms with Gasteiger partial charge in [0, 0.05) is 36.6 Å². The van der Waals surface area contributed by atoms with Gasteiger partial charge in [-0.05, 0) is 59.7 Å². The van der Waals surface area contributed by atoms with Crippen LogP contribution in [0.5, 0.6) is 5.75 Å². The third kappa shape index (κ3) is 5.64. The van der Waals surface area contributed by atoms with E-state index in [0.717, 1.165) is 28.4 Å². The largest absolute Gasteiger partial charge is 0.482 e. The molecule has 0 saturated heterocycles. The fraction of sp³-hybridized carbons (Fsp3) is 0.440. The first-order valence-electron chi connectivity index (χ1n) is 11.5. The summed E-state index contributed by atoms with van der Waals surface area (Å²) in [6, 6.07) is 8.57. The van der Waals surface area contributed by atoms with E-state index in [2.05, 4.69) is 27.9 Å². The Hall–Kier alpha value is -2.37. The van der Waals surface area contributed by atoms with Gasteiger partial charge in [0.05, 0.1) is 28.7 Å². The van der Waals surface area contributed by atoms with Gasteiger partial charge in [-0.15, -0.1) is 0 Å². The van der Waals surface area contributed by atoms with E-state index >= 15 is 0 Å². The number of hydrogen-bond acceptors (Lipinski definition) is 6. The van der Waals surface area contributed by atoms with Crippen LogP contribution in [-0.4, -0.2) is 58.3 Å². The van der Waals surface area contributed by atoms with E-state index in [-0.39, 0.29) is 43.8 Å². The first-order valence-corrected chi connectivity index (χ1v) is 12.6. The van der Waals surface area contributed by atoms with Crippen molar-refractivity contribution in [1.29, 1.82) is 0 Å². The maximum Gasteiger partial charge on any atom is 0.247 e. The molecule has 9 heteroatoms. The summed E-state index contributed by atoms with van der Waals surface area (Å²) in [5, 5.41) is 23.2. The molecule has 2 aromatic rings. The Bertz CT molecular complexity index is 1020. The number of carbonyl (C=O) groups excluding carboxylic acids is 2. The van der Waals surface area contributed by atoms with Crippen molar-refractivity contribution in [2.24, 2.45) is 5.92 Å². The normalized spacial score (nSPS) is 22.4. The Morgan fingerprint density at radius 2 is 2.03 bits per heavy atom. The molecule has 1 saturated carbocycles. The minimum atomic E-state index is -1.04. The van der Waals surface area contributed by atoms with Gasteiger partial charge in [-0.3, -0.25) is 9.59 Å². The Balaban J connectivity index is 1.65. The van der Waals surface area contributed by atoms with Crippen molar-refractivity contribution in [3.05, 3.63) is 63.6 Å². The van der Waals surface area contributed by atoms with E-state index < -0.39 is 18.2 Å². The van der Waals surface area contributed by atoms with Crippen LogP contribution in [0.3, 0.4) is 0 Å². The highest BCUT2D eigenvalue weighted by Gasteiger charge is 2.42. The van der Waals surface area contributed by atoms with Crippen LogP contribution in [0.1, 0.15) is 31.2 Å². The quantitative estimate of drug-likeness (QED) is 0.394. The Labute approximate surface area is 212 Å². The Morgan fingerprint density at radius 3 is 2.68 bits per heavy atom. The number of nitrogens with zero attached hydrogens (tertiary/aromatic N) is 1. The zero-order chi connectivity index (χ0) is 24.1. The molecule has 3 atom stereocenters. The molecule has 34 heavy (non-hydrogen) atoms. The highest BCUT2D eigenvalue weighted by Crippen LogP contribution is 2.34. The average Bonchev–Trinajstić information content (AvgIpc) is 3.31. The second kappa shape index (κ2) is 11.4. The third-order valence-electron chi connectivity index (χ3n) is 6.38.